The lowest BCUT2D eigenvalue weighted by Crippen LogP contribution is -2.28. The van der Waals surface area contributed by atoms with E-state index in [1.807, 2.05) is 0 Å². The third-order valence-corrected chi connectivity index (χ3v) is 6.56. The van der Waals surface area contributed by atoms with Gasteiger partial charge in [-0.05, 0) is 12.6 Å². The Labute approximate surface area is 72.1 Å². The van der Waals surface area contributed by atoms with Gasteiger partial charge in [-0.25, -0.2) is 0 Å². The van der Waals surface area contributed by atoms with Gasteiger partial charge in [-0.15, -0.1) is 0 Å². The Hall–Kier alpha value is 0.314. The van der Waals surface area contributed by atoms with Crippen LogP contribution in [-0.4, -0.2) is 41.4 Å². The fourth-order valence-corrected chi connectivity index (χ4v) is 4.61. The summed E-state index contributed by atoms with van der Waals surface area (Å²) in [5.41, 5.74) is -0.554. The third kappa shape index (κ3) is 6.70. The molecule has 0 saturated carbocycles. The van der Waals surface area contributed by atoms with Crippen molar-refractivity contribution in [1.82, 2.24) is 0 Å². The Kier molecular flexibility index (Phi) is 7.19. The summed E-state index contributed by atoms with van der Waals surface area (Å²) in [6.45, 7) is 4.14. The summed E-state index contributed by atoms with van der Waals surface area (Å²) in [7, 11) is -1.85. The highest BCUT2D eigenvalue weighted by atomic mass is 28.3. The van der Waals surface area contributed by atoms with E-state index in [9.17, 15) is 0 Å². The lowest BCUT2D eigenvalue weighted by atomic mass is 10.6. The van der Waals surface area contributed by atoms with E-state index in [1.165, 1.54) is 6.04 Å². The molecule has 0 aliphatic rings. The molecule has 2 atom stereocenters. The lowest BCUT2D eigenvalue weighted by Gasteiger charge is -2.12. The molecule has 0 aromatic heterocycles. The van der Waals surface area contributed by atoms with E-state index in [2.05, 4.69) is 13.5 Å². The van der Waals surface area contributed by atoms with Crippen molar-refractivity contribution in [2.45, 2.75) is 31.7 Å². The molecule has 0 spiro atoms. The van der Waals surface area contributed by atoms with Gasteiger partial charge in [-0.2, -0.15) is 0 Å². The van der Waals surface area contributed by atoms with E-state index >= 15 is 0 Å². The molecular weight excluding hydrogens is 176 g/mol. The minimum Gasteiger partial charge on any atom is -0.461 e. The maximum atomic E-state index is 8.98. The first-order chi connectivity index (χ1) is 5.20. The van der Waals surface area contributed by atoms with Crippen molar-refractivity contribution < 1.29 is 14.3 Å². The van der Waals surface area contributed by atoms with E-state index in [4.69, 9.17) is 14.3 Å². The van der Waals surface area contributed by atoms with Gasteiger partial charge in [0, 0.05) is 0 Å². The summed E-state index contributed by atoms with van der Waals surface area (Å²) in [5, 5.41) is 17.5. The molecule has 0 aliphatic carbocycles. The summed E-state index contributed by atoms with van der Waals surface area (Å²) in [6, 6.07) is 1.17. The van der Waals surface area contributed by atoms with E-state index < -0.39 is 24.5 Å². The van der Waals surface area contributed by atoms with Gasteiger partial charge >= 0.3 is 0 Å². The number of aliphatic hydroxyl groups is 2. The van der Waals surface area contributed by atoms with Crippen molar-refractivity contribution >= 4 is 18.8 Å². The smallest absolute Gasteiger partial charge is 0.178 e. The Morgan fingerprint density at radius 1 is 1.64 bits per heavy atom. The Morgan fingerprint density at radius 3 is 2.73 bits per heavy atom. The first-order valence-electron chi connectivity index (χ1n) is 4.11. The molecule has 5 heteroatoms. The molecule has 0 bridgehead atoms. The lowest BCUT2D eigenvalue weighted by molar-refractivity contribution is 0.145. The predicted molar refractivity (Wildman–Crippen MR) is 50.8 cm³/mol. The molecule has 0 heterocycles. The molecule has 0 aromatic carbocycles. The number of aliphatic hydroxyl groups excluding tert-OH is 2. The standard InChI is InChI=1S/C6H18O3Si2/c1-3-4-11(2)9-10-6(8)5-7/h6-8,11H,3-5,10H2,1-2H3. The van der Waals surface area contributed by atoms with Crippen LogP contribution < -0.4 is 0 Å². The van der Waals surface area contributed by atoms with Crippen LogP contribution in [0.2, 0.25) is 12.6 Å². The quantitative estimate of drug-likeness (QED) is 0.542. The van der Waals surface area contributed by atoms with Crippen LogP contribution in [0.4, 0.5) is 0 Å². The van der Waals surface area contributed by atoms with Crippen LogP contribution in [0.3, 0.4) is 0 Å². The van der Waals surface area contributed by atoms with Gasteiger partial charge in [0.05, 0.1) is 12.3 Å². The second kappa shape index (κ2) is 6.99. The first-order valence-corrected chi connectivity index (χ1v) is 7.94. The van der Waals surface area contributed by atoms with Crippen molar-refractivity contribution in [3.63, 3.8) is 0 Å². The van der Waals surface area contributed by atoms with Gasteiger partial charge in [0.25, 0.3) is 0 Å². The molecule has 0 saturated heterocycles. The molecule has 0 aromatic rings. The SMILES string of the molecule is CCC[SiH](C)O[SiH2]C(O)CO. The Balaban J connectivity index is 3.22. The second-order valence-electron chi connectivity index (χ2n) is 2.77. The van der Waals surface area contributed by atoms with Gasteiger partial charge in [0.15, 0.2) is 18.8 Å². The topological polar surface area (TPSA) is 49.7 Å². The number of hydrogen-bond donors (Lipinski definition) is 2. The number of hydrogen-bond acceptors (Lipinski definition) is 3. The van der Waals surface area contributed by atoms with Crippen LogP contribution >= 0.6 is 0 Å². The highest BCUT2D eigenvalue weighted by Crippen LogP contribution is 1.97. The van der Waals surface area contributed by atoms with Crippen molar-refractivity contribution in [3.05, 3.63) is 0 Å². The van der Waals surface area contributed by atoms with Crippen LogP contribution in [0.15, 0.2) is 0 Å². The summed E-state index contributed by atoms with van der Waals surface area (Å²) in [4.78, 5) is 0. The van der Waals surface area contributed by atoms with Crippen LogP contribution in [0.5, 0.6) is 0 Å². The fraction of sp³-hybridized carbons (Fsp3) is 1.00. The molecule has 0 amide bonds. The van der Waals surface area contributed by atoms with Gasteiger partial charge in [0.2, 0.25) is 0 Å². The molecule has 0 aliphatic heterocycles. The third-order valence-electron chi connectivity index (χ3n) is 1.48. The van der Waals surface area contributed by atoms with Gasteiger partial charge in [0.1, 0.15) is 0 Å². The summed E-state index contributed by atoms with van der Waals surface area (Å²) >= 11 is 0. The molecule has 0 radical (unpaired) electrons. The highest BCUT2D eigenvalue weighted by Gasteiger charge is 2.07. The Bertz CT molecular complexity index is 91.9. The predicted octanol–water partition coefficient (Wildman–Crippen LogP) is -0.839. The normalized spacial score (nSPS) is 17.5. The largest absolute Gasteiger partial charge is 0.461 e. The molecule has 68 valence electrons. The van der Waals surface area contributed by atoms with Crippen LogP contribution in [0.25, 0.3) is 0 Å². The maximum absolute atomic E-state index is 8.98. The summed E-state index contributed by atoms with van der Waals surface area (Å²) < 4.78 is 5.50. The van der Waals surface area contributed by atoms with Crippen LogP contribution in [-0.2, 0) is 4.12 Å². The molecule has 2 unspecified atom stereocenters. The molecule has 0 rings (SSSR count). The minimum atomic E-state index is -0.982. The van der Waals surface area contributed by atoms with Crippen molar-refractivity contribution in [1.29, 1.82) is 0 Å². The fourth-order valence-electron chi connectivity index (χ4n) is 0.818. The number of rotatable bonds is 6. The van der Waals surface area contributed by atoms with Crippen LogP contribution in [0, 0.1) is 0 Å². The van der Waals surface area contributed by atoms with Gasteiger partial charge < -0.3 is 14.3 Å². The molecule has 3 nitrogen and oxygen atoms in total. The van der Waals surface area contributed by atoms with Crippen molar-refractivity contribution in [2.24, 2.45) is 0 Å². The minimum absolute atomic E-state index is 0.139. The van der Waals surface area contributed by atoms with Gasteiger partial charge in [-0.1, -0.05) is 13.3 Å². The van der Waals surface area contributed by atoms with Crippen LogP contribution in [0.1, 0.15) is 13.3 Å². The zero-order valence-corrected chi connectivity index (χ0v) is 9.85. The average Bonchev–Trinajstić information content (AvgIpc) is 2.01. The zero-order valence-electron chi connectivity index (χ0n) is 7.29. The molecule has 11 heavy (non-hydrogen) atoms. The maximum Gasteiger partial charge on any atom is 0.178 e. The van der Waals surface area contributed by atoms with E-state index in [0.717, 1.165) is 6.42 Å². The van der Waals surface area contributed by atoms with E-state index in [-0.39, 0.29) is 6.61 Å². The summed E-state index contributed by atoms with van der Waals surface area (Å²) in [5.74, 6) is 0. The van der Waals surface area contributed by atoms with Crippen molar-refractivity contribution in [3.8, 4) is 0 Å². The second-order valence-corrected chi connectivity index (χ2v) is 7.58. The molecular formula is C6H18O3Si2. The van der Waals surface area contributed by atoms with E-state index in [0.29, 0.717) is 0 Å². The highest BCUT2D eigenvalue weighted by molar-refractivity contribution is 6.57. The molecule has 2 N–H and O–H groups in total. The average molecular weight is 194 g/mol. The molecule has 0 fully saturated rings. The zero-order chi connectivity index (χ0) is 8.69. The first kappa shape index (κ1) is 11.3. The summed E-state index contributed by atoms with van der Waals surface area (Å²) in [6.07, 6.45) is 1.16. The van der Waals surface area contributed by atoms with Crippen molar-refractivity contribution in [2.75, 3.05) is 6.61 Å². The Morgan fingerprint density at radius 2 is 2.27 bits per heavy atom. The van der Waals surface area contributed by atoms with Gasteiger partial charge in [-0.3, -0.25) is 0 Å². The monoisotopic (exact) mass is 194 g/mol. The van der Waals surface area contributed by atoms with E-state index in [1.54, 1.807) is 0 Å².